The van der Waals surface area contributed by atoms with E-state index in [4.69, 9.17) is 0 Å². The van der Waals surface area contributed by atoms with Crippen molar-refractivity contribution in [3.63, 3.8) is 0 Å². The molecule has 1 aromatic carbocycles. The second kappa shape index (κ2) is 7.77. The van der Waals surface area contributed by atoms with E-state index in [1.54, 1.807) is 0 Å². The average Bonchev–Trinajstić information content (AvgIpc) is 2.46. The van der Waals surface area contributed by atoms with Crippen molar-refractivity contribution in [1.82, 2.24) is 10.2 Å². The third-order valence-corrected chi connectivity index (χ3v) is 4.06. The second-order valence-corrected chi connectivity index (χ2v) is 7.67. The van der Waals surface area contributed by atoms with Crippen LogP contribution in [0.1, 0.15) is 57.6 Å². The van der Waals surface area contributed by atoms with E-state index in [0.717, 1.165) is 6.54 Å². The van der Waals surface area contributed by atoms with Gasteiger partial charge in [-0.1, -0.05) is 51.5 Å². The third kappa shape index (κ3) is 6.18. The van der Waals surface area contributed by atoms with Crippen LogP contribution in [0.5, 0.6) is 0 Å². The number of piperidine rings is 1. The summed E-state index contributed by atoms with van der Waals surface area (Å²) in [4.78, 5) is 14.4. The van der Waals surface area contributed by atoms with E-state index < -0.39 is 0 Å². The summed E-state index contributed by atoms with van der Waals surface area (Å²) in [5.41, 5.74) is 2.58. The number of benzene rings is 1. The molecule has 1 saturated heterocycles. The van der Waals surface area contributed by atoms with Gasteiger partial charge in [-0.2, -0.15) is 0 Å². The van der Waals surface area contributed by atoms with Crippen molar-refractivity contribution in [3.8, 4) is 0 Å². The fourth-order valence-electron chi connectivity index (χ4n) is 2.88. The van der Waals surface area contributed by atoms with Crippen LogP contribution >= 0.6 is 0 Å². The fourth-order valence-corrected chi connectivity index (χ4v) is 2.88. The van der Waals surface area contributed by atoms with Crippen molar-refractivity contribution in [1.29, 1.82) is 0 Å². The minimum Gasteiger partial charge on any atom is -0.352 e. The third-order valence-electron chi connectivity index (χ3n) is 4.06. The van der Waals surface area contributed by atoms with Crippen LogP contribution in [0.2, 0.25) is 0 Å². The summed E-state index contributed by atoms with van der Waals surface area (Å²) in [6, 6.07) is 8.66. The molecular weight excluding hydrogens is 272 g/mol. The molecule has 0 unspecified atom stereocenters. The van der Waals surface area contributed by atoms with Crippen LogP contribution in [0.4, 0.5) is 0 Å². The molecule has 0 spiro atoms. The number of likely N-dealkylation sites (tertiary alicyclic amines) is 1. The first kappa shape index (κ1) is 17.0. The van der Waals surface area contributed by atoms with E-state index in [2.05, 4.69) is 55.3 Å². The Bertz CT molecular complexity index is 467. The van der Waals surface area contributed by atoms with Crippen LogP contribution in [0.15, 0.2) is 24.3 Å². The van der Waals surface area contributed by atoms with Crippen LogP contribution < -0.4 is 5.32 Å². The number of rotatable bonds is 5. The number of carbonyl (C=O) groups is 1. The highest BCUT2D eigenvalue weighted by atomic mass is 16.1. The lowest BCUT2D eigenvalue weighted by molar-refractivity contribution is -0.122. The zero-order chi connectivity index (χ0) is 16.0. The number of carbonyl (C=O) groups excluding carboxylic acids is 1. The molecule has 2 rings (SSSR count). The van der Waals surface area contributed by atoms with Crippen molar-refractivity contribution in [2.45, 2.75) is 59.5 Å². The molecule has 1 aliphatic heterocycles. The Morgan fingerprint density at radius 2 is 1.64 bits per heavy atom. The Morgan fingerprint density at radius 1 is 1.05 bits per heavy atom. The van der Waals surface area contributed by atoms with E-state index in [9.17, 15) is 4.79 Å². The molecule has 0 aromatic heterocycles. The van der Waals surface area contributed by atoms with E-state index in [-0.39, 0.29) is 11.3 Å². The number of amides is 1. The monoisotopic (exact) mass is 302 g/mol. The lowest BCUT2D eigenvalue weighted by Gasteiger charge is -2.26. The number of hydrogen-bond donors (Lipinski definition) is 1. The zero-order valence-electron chi connectivity index (χ0n) is 14.3. The molecule has 122 valence electrons. The molecule has 1 aliphatic rings. The van der Waals surface area contributed by atoms with Crippen molar-refractivity contribution >= 4 is 5.91 Å². The van der Waals surface area contributed by atoms with Gasteiger partial charge in [-0.3, -0.25) is 9.69 Å². The first-order chi connectivity index (χ1) is 10.4. The summed E-state index contributed by atoms with van der Waals surface area (Å²) in [6.45, 7) is 10.4. The number of nitrogens with zero attached hydrogens (tertiary/aromatic N) is 1. The molecule has 1 fully saturated rings. The van der Waals surface area contributed by atoms with Gasteiger partial charge in [-0.25, -0.2) is 0 Å². The van der Waals surface area contributed by atoms with Crippen molar-refractivity contribution in [3.05, 3.63) is 35.4 Å². The Labute approximate surface area is 135 Å². The summed E-state index contributed by atoms with van der Waals surface area (Å²) < 4.78 is 0. The second-order valence-electron chi connectivity index (χ2n) is 7.67. The molecule has 0 atom stereocenters. The maximum absolute atomic E-state index is 11.8. The molecule has 0 bridgehead atoms. The molecule has 0 saturated carbocycles. The predicted octanol–water partition coefficient (Wildman–Crippen LogP) is 3.72. The molecule has 1 amide bonds. The van der Waals surface area contributed by atoms with Crippen LogP contribution in [-0.2, 0) is 17.9 Å². The van der Waals surface area contributed by atoms with Crippen LogP contribution in [0, 0.1) is 5.41 Å². The first-order valence-corrected chi connectivity index (χ1v) is 8.49. The smallest absolute Gasteiger partial charge is 0.220 e. The van der Waals surface area contributed by atoms with Gasteiger partial charge in [-0.05, 0) is 42.5 Å². The Hall–Kier alpha value is -1.35. The van der Waals surface area contributed by atoms with E-state index in [0.29, 0.717) is 13.0 Å². The van der Waals surface area contributed by atoms with E-state index in [1.165, 1.54) is 43.5 Å². The molecule has 22 heavy (non-hydrogen) atoms. The molecule has 0 aliphatic carbocycles. The Kier molecular flexibility index (Phi) is 6.01. The van der Waals surface area contributed by atoms with Gasteiger partial charge in [0.05, 0.1) is 0 Å². The number of hydrogen-bond acceptors (Lipinski definition) is 2. The van der Waals surface area contributed by atoms with Crippen molar-refractivity contribution in [2.24, 2.45) is 5.41 Å². The Morgan fingerprint density at radius 3 is 2.23 bits per heavy atom. The van der Waals surface area contributed by atoms with Gasteiger partial charge in [0.15, 0.2) is 0 Å². The molecular formula is C19H30N2O. The SMILES string of the molecule is CC(C)(C)CC(=O)NCc1ccc(CN2CCCCC2)cc1. The lowest BCUT2D eigenvalue weighted by atomic mass is 9.92. The topological polar surface area (TPSA) is 32.3 Å². The average molecular weight is 302 g/mol. The Balaban J connectivity index is 1.77. The lowest BCUT2D eigenvalue weighted by Crippen LogP contribution is -2.29. The standard InChI is InChI=1S/C19H30N2O/c1-19(2,3)13-18(22)20-14-16-7-9-17(10-8-16)15-21-11-5-4-6-12-21/h7-10H,4-6,11-15H2,1-3H3,(H,20,22). The maximum atomic E-state index is 11.8. The molecule has 3 nitrogen and oxygen atoms in total. The van der Waals surface area contributed by atoms with Gasteiger partial charge in [0.25, 0.3) is 0 Å². The minimum atomic E-state index is 0.0440. The van der Waals surface area contributed by atoms with Gasteiger partial charge in [0.2, 0.25) is 5.91 Å². The molecule has 1 N–H and O–H groups in total. The van der Waals surface area contributed by atoms with Gasteiger partial charge in [-0.15, -0.1) is 0 Å². The normalized spacial score (nSPS) is 16.5. The quantitative estimate of drug-likeness (QED) is 0.899. The molecule has 1 heterocycles. The fraction of sp³-hybridized carbons (Fsp3) is 0.632. The van der Waals surface area contributed by atoms with E-state index >= 15 is 0 Å². The molecule has 0 radical (unpaired) electrons. The zero-order valence-corrected chi connectivity index (χ0v) is 14.3. The number of nitrogens with one attached hydrogen (secondary N) is 1. The highest BCUT2D eigenvalue weighted by Crippen LogP contribution is 2.18. The van der Waals surface area contributed by atoms with Crippen LogP contribution in [0.25, 0.3) is 0 Å². The first-order valence-electron chi connectivity index (χ1n) is 8.49. The van der Waals surface area contributed by atoms with Gasteiger partial charge in [0, 0.05) is 19.5 Å². The minimum absolute atomic E-state index is 0.0440. The largest absolute Gasteiger partial charge is 0.352 e. The maximum Gasteiger partial charge on any atom is 0.220 e. The summed E-state index contributed by atoms with van der Waals surface area (Å²) in [5.74, 6) is 0.130. The van der Waals surface area contributed by atoms with Gasteiger partial charge in [0.1, 0.15) is 0 Å². The highest BCUT2D eigenvalue weighted by molar-refractivity contribution is 5.76. The summed E-state index contributed by atoms with van der Waals surface area (Å²) >= 11 is 0. The summed E-state index contributed by atoms with van der Waals surface area (Å²) in [6.07, 6.45) is 4.61. The van der Waals surface area contributed by atoms with Gasteiger partial charge < -0.3 is 5.32 Å². The van der Waals surface area contributed by atoms with Gasteiger partial charge >= 0.3 is 0 Å². The summed E-state index contributed by atoms with van der Waals surface area (Å²) in [7, 11) is 0. The van der Waals surface area contributed by atoms with Crippen molar-refractivity contribution in [2.75, 3.05) is 13.1 Å². The van der Waals surface area contributed by atoms with Crippen molar-refractivity contribution < 1.29 is 4.79 Å². The molecule has 3 heteroatoms. The van der Waals surface area contributed by atoms with E-state index in [1.807, 2.05) is 0 Å². The van der Waals surface area contributed by atoms with Crippen LogP contribution in [0.3, 0.4) is 0 Å². The van der Waals surface area contributed by atoms with Crippen LogP contribution in [-0.4, -0.2) is 23.9 Å². The molecule has 1 aromatic rings. The summed E-state index contributed by atoms with van der Waals surface area (Å²) in [5, 5.41) is 3.01. The predicted molar refractivity (Wildman–Crippen MR) is 91.5 cm³/mol. The highest BCUT2D eigenvalue weighted by Gasteiger charge is 2.15.